The Labute approximate surface area is 91.6 Å². The van der Waals surface area contributed by atoms with Gasteiger partial charge in [0.15, 0.2) is 10.9 Å². The van der Waals surface area contributed by atoms with Gasteiger partial charge in [-0.3, -0.25) is 9.59 Å². The number of carbonyl (C=O) groups excluding carboxylic acids is 2. The number of rotatable bonds is 3. The Morgan fingerprint density at radius 1 is 1.29 bits per heavy atom. The Balaban J connectivity index is 2.71. The molecule has 1 rings (SSSR count). The number of carbonyl (C=O) groups is 2. The number of hydrogen-bond acceptors (Lipinski definition) is 3. The highest BCUT2D eigenvalue weighted by atomic mass is 35.5. The molecular weight excluding hydrogens is 220 g/mol. The van der Waals surface area contributed by atoms with Gasteiger partial charge in [-0.05, 0) is 0 Å². The molecule has 0 N–H and O–H groups in total. The van der Waals surface area contributed by atoms with Crippen LogP contribution in [0.15, 0.2) is 30.3 Å². The number of halogens is 1. The summed E-state index contributed by atoms with van der Waals surface area (Å²) in [5, 5.41) is -0.158. The van der Waals surface area contributed by atoms with Crippen LogP contribution >= 0.6 is 23.4 Å². The molecule has 0 fully saturated rings. The molecule has 0 aliphatic carbocycles. The van der Waals surface area contributed by atoms with Gasteiger partial charge in [0.25, 0.3) is 0 Å². The van der Waals surface area contributed by atoms with E-state index in [-0.39, 0.29) is 10.9 Å². The molecular formula is C10H9ClO2S. The van der Waals surface area contributed by atoms with Crippen LogP contribution in [-0.4, -0.2) is 15.6 Å². The lowest BCUT2D eigenvalue weighted by molar-refractivity contribution is -0.109. The molecule has 0 radical (unpaired) electrons. The first kappa shape index (κ1) is 11.3. The molecule has 0 bridgehead atoms. The van der Waals surface area contributed by atoms with Crippen LogP contribution in [-0.2, 0) is 4.79 Å². The fourth-order valence-electron chi connectivity index (χ4n) is 0.933. The van der Waals surface area contributed by atoms with Gasteiger partial charge >= 0.3 is 0 Å². The molecule has 0 saturated carbocycles. The number of ketones is 1. The Hall–Kier alpha value is -0.800. The first-order valence-corrected chi connectivity index (χ1v) is 5.33. The standard InChI is InChI=1S/C10H9ClO2S/c1-7(12)14-10(11)9(13)8-5-3-2-4-6-8/h2-6,10H,1H3. The highest BCUT2D eigenvalue weighted by Gasteiger charge is 2.19. The van der Waals surface area contributed by atoms with Gasteiger partial charge in [0.1, 0.15) is 4.71 Å². The van der Waals surface area contributed by atoms with Crippen LogP contribution < -0.4 is 0 Å². The van der Waals surface area contributed by atoms with Crippen molar-refractivity contribution < 1.29 is 9.59 Å². The van der Waals surface area contributed by atoms with Crippen molar-refractivity contribution >= 4 is 34.3 Å². The molecule has 0 spiro atoms. The number of hydrogen-bond donors (Lipinski definition) is 0. The second kappa shape index (κ2) is 5.17. The van der Waals surface area contributed by atoms with Crippen LogP contribution in [0.3, 0.4) is 0 Å². The van der Waals surface area contributed by atoms with Crippen molar-refractivity contribution in [2.75, 3.05) is 0 Å². The number of thioether (sulfide) groups is 1. The van der Waals surface area contributed by atoms with Gasteiger partial charge in [0.2, 0.25) is 0 Å². The molecule has 1 unspecified atom stereocenters. The monoisotopic (exact) mass is 228 g/mol. The predicted molar refractivity (Wildman–Crippen MR) is 58.7 cm³/mol. The molecule has 74 valence electrons. The topological polar surface area (TPSA) is 34.1 Å². The Bertz CT molecular complexity index is 337. The largest absolute Gasteiger partial charge is 0.292 e. The zero-order chi connectivity index (χ0) is 10.6. The molecule has 4 heteroatoms. The maximum absolute atomic E-state index is 11.6. The molecule has 0 aliphatic rings. The molecule has 1 atom stereocenters. The summed E-state index contributed by atoms with van der Waals surface area (Å²) in [6.07, 6.45) is 0. The lowest BCUT2D eigenvalue weighted by Gasteiger charge is -2.04. The zero-order valence-electron chi connectivity index (χ0n) is 7.57. The summed E-state index contributed by atoms with van der Waals surface area (Å²) < 4.78 is -0.824. The summed E-state index contributed by atoms with van der Waals surface area (Å²) in [6, 6.07) is 8.69. The van der Waals surface area contributed by atoms with Crippen molar-refractivity contribution in [3.8, 4) is 0 Å². The molecule has 0 saturated heterocycles. The number of Topliss-reactive ketones (excluding diaryl/α,β-unsaturated/α-hetero) is 1. The maximum atomic E-state index is 11.6. The predicted octanol–water partition coefficient (Wildman–Crippen LogP) is 2.71. The summed E-state index contributed by atoms with van der Waals surface area (Å²) in [5.41, 5.74) is 0.529. The lowest BCUT2D eigenvalue weighted by Crippen LogP contribution is -2.12. The zero-order valence-corrected chi connectivity index (χ0v) is 9.14. The van der Waals surface area contributed by atoms with Crippen LogP contribution in [0, 0.1) is 0 Å². The van der Waals surface area contributed by atoms with E-state index < -0.39 is 4.71 Å². The average molecular weight is 229 g/mol. The van der Waals surface area contributed by atoms with Gasteiger partial charge in [-0.1, -0.05) is 42.1 Å². The van der Waals surface area contributed by atoms with Gasteiger partial charge < -0.3 is 0 Å². The van der Waals surface area contributed by atoms with E-state index in [0.29, 0.717) is 5.56 Å². The molecule has 2 nitrogen and oxygen atoms in total. The molecule has 0 heterocycles. The van der Waals surface area contributed by atoms with E-state index in [0.717, 1.165) is 11.8 Å². The molecule has 0 amide bonds. The molecule has 1 aromatic rings. The second-order valence-electron chi connectivity index (χ2n) is 2.66. The lowest BCUT2D eigenvalue weighted by atomic mass is 10.1. The van der Waals surface area contributed by atoms with Gasteiger partial charge in [0.05, 0.1) is 0 Å². The minimum Gasteiger partial charge on any atom is -0.292 e. The van der Waals surface area contributed by atoms with Gasteiger partial charge in [0, 0.05) is 12.5 Å². The van der Waals surface area contributed by atoms with Crippen molar-refractivity contribution in [1.82, 2.24) is 0 Å². The number of alkyl halides is 1. The highest BCUT2D eigenvalue weighted by molar-refractivity contribution is 8.15. The van der Waals surface area contributed by atoms with Gasteiger partial charge in [-0.25, -0.2) is 0 Å². The van der Waals surface area contributed by atoms with E-state index in [1.807, 2.05) is 6.07 Å². The maximum Gasteiger partial charge on any atom is 0.191 e. The van der Waals surface area contributed by atoms with Crippen LogP contribution in [0.4, 0.5) is 0 Å². The van der Waals surface area contributed by atoms with Crippen molar-refractivity contribution in [3.63, 3.8) is 0 Å². The minimum atomic E-state index is -0.824. The molecule has 1 aromatic carbocycles. The summed E-state index contributed by atoms with van der Waals surface area (Å²) in [5.74, 6) is -0.229. The fourth-order valence-corrected chi connectivity index (χ4v) is 1.97. The molecule has 0 aromatic heterocycles. The first-order chi connectivity index (χ1) is 6.61. The quantitative estimate of drug-likeness (QED) is 0.589. The van der Waals surface area contributed by atoms with Crippen molar-refractivity contribution in [1.29, 1.82) is 0 Å². The third-order valence-corrected chi connectivity index (χ3v) is 2.75. The van der Waals surface area contributed by atoms with E-state index in [2.05, 4.69) is 0 Å². The van der Waals surface area contributed by atoms with Crippen LogP contribution in [0.1, 0.15) is 17.3 Å². The van der Waals surface area contributed by atoms with Crippen molar-refractivity contribution in [2.45, 2.75) is 11.6 Å². The summed E-state index contributed by atoms with van der Waals surface area (Å²) in [6.45, 7) is 1.39. The third kappa shape index (κ3) is 3.16. The molecule has 0 aliphatic heterocycles. The Kier molecular flexibility index (Phi) is 4.17. The van der Waals surface area contributed by atoms with Crippen LogP contribution in [0.25, 0.3) is 0 Å². The summed E-state index contributed by atoms with van der Waals surface area (Å²) in [7, 11) is 0. The Morgan fingerprint density at radius 3 is 2.36 bits per heavy atom. The van der Waals surface area contributed by atoms with Gasteiger partial charge in [-0.2, -0.15) is 0 Å². The average Bonchev–Trinajstić information content (AvgIpc) is 2.17. The van der Waals surface area contributed by atoms with E-state index in [9.17, 15) is 9.59 Å². The molecule has 14 heavy (non-hydrogen) atoms. The SMILES string of the molecule is CC(=O)SC(Cl)C(=O)c1ccccc1. The summed E-state index contributed by atoms with van der Waals surface area (Å²) >= 11 is 6.59. The smallest absolute Gasteiger partial charge is 0.191 e. The Morgan fingerprint density at radius 2 is 1.86 bits per heavy atom. The minimum absolute atomic E-state index is 0.158. The van der Waals surface area contributed by atoms with Crippen LogP contribution in [0.2, 0.25) is 0 Å². The summed E-state index contributed by atoms with van der Waals surface area (Å²) in [4.78, 5) is 22.3. The van der Waals surface area contributed by atoms with Crippen molar-refractivity contribution in [3.05, 3.63) is 35.9 Å². The fraction of sp³-hybridized carbons (Fsp3) is 0.200. The highest BCUT2D eigenvalue weighted by Crippen LogP contribution is 2.20. The van der Waals surface area contributed by atoms with E-state index in [1.165, 1.54) is 6.92 Å². The third-order valence-electron chi connectivity index (χ3n) is 1.53. The number of benzene rings is 1. The first-order valence-electron chi connectivity index (χ1n) is 4.02. The van der Waals surface area contributed by atoms with Crippen molar-refractivity contribution in [2.24, 2.45) is 0 Å². The van der Waals surface area contributed by atoms with E-state index in [4.69, 9.17) is 11.6 Å². The normalized spacial score (nSPS) is 12.1. The van der Waals surface area contributed by atoms with E-state index in [1.54, 1.807) is 24.3 Å². The van der Waals surface area contributed by atoms with Gasteiger partial charge in [-0.15, -0.1) is 11.6 Å². The van der Waals surface area contributed by atoms with E-state index >= 15 is 0 Å². The second-order valence-corrected chi connectivity index (χ2v) is 4.63. The van der Waals surface area contributed by atoms with Crippen LogP contribution in [0.5, 0.6) is 0 Å².